The molecular weight excluding hydrogens is 188 g/mol. The van der Waals surface area contributed by atoms with Gasteiger partial charge >= 0.3 is 0 Å². The van der Waals surface area contributed by atoms with Crippen LogP contribution in [0.1, 0.15) is 31.2 Å². The Morgan fingerprint density at radius 1 is 1.40 bits per heavy atom. The van der Waals surface area contributed by atoms with E-state index in [4.69, 9.17) is 0 Å². The van der Waals surface area contributed by atoms with Crippen LogP contribution in [0.4, 0.5) is 5.69 Å². The van der Waals surface area contributed by atoms with Crippen LogP contribution in [0, 0.1) is 0 Å². The zero-order chi connectivity index (χ0) is 10.5. The summed E-state index contributed by atoms with van der Waals surface area (Å²) >= 11 is 0. The van der Waals surface area contributed by atoms with Crippen LogP contribution in [0.2, 0.25) is 0 Å². The predicted molar refractivity (Wildman–Crippen MR) is 57.8 cm³/mol. The summed E-state index contributed by atoms with van der Waals surface area (Å²) in [6.07, 6.45) is 7.95. The molecule has 3 nitrogen and oxygen atoms in total. The van der Waals surface area contributed by atoms with Crippen LogP contribution in [0.15, 0.2) is 18.5 Å². The van der Waals surface area contributed by atoms with Crippen LogP contribution in [-0.2, 0) is 10.2 Å². The fourth-order valence-corrected chi connectivity index (χ4v) is 3.06. The summed E-state index contributed by atoms with van der Waals surface area (Å²) in [6.45, 7) is 0. The molecule has 1 fully saturated rings. The van der Waals surface area contributed by atoms with Gasteiger partial charge in [0.05, 0.1) is 11.1 Å². The Bertz CT molecular complexity index is 421. The molecule has 0 saturated heterocycles. The number of pyridine rings is 1. The number of likely N-dealkylation sites (N-methyl/N-ethyl adjacent to an activating group) is 1. The van der Waals surface area contributed by atoms with E-state index in [1.165, 1.54) is 0 Å². The number of carbonyl (C=O) groups excluding carboxylic acids is 1. The molecule has 0 aromatic carbocycles. The maximum Gasteiger partial charge on any atom is 0.237 e. The molecule has 1 aromatic rings. The Labute approximate surface area is 89.1 Å². The number of aromatic nitrogens is 1. The van der Waals surface area contributed by atoms with Gasteiger partial charge in [-0.1, -0.05) is 12.8 Å². The Kier molecular flexibility index (Phi) is 1.67. The standard InChI is InChI=1S/C12H14N2O/c1-14-10-4-7-13-8-9(10)12(11(14)15)5-2-3-6-12/h4,7-8H,2-3,5-6H2,1H3. The van der Waals surface area contributed by atoms with E-state index >= 15 is 0 Å². The maximum absolute atomic E-state index is 12.3. The number of rotatable bonds is 0. The molecule has 1 aliphatic heterocycles. The molecule has 1 aromatic heterocycles. The molecule has 2 heterocycles. The first-order valence-electron chi connectivity index (χ1n) is 5.48. The molecule has 1 amide bonds. The van der Waals surface area contributed by atoms with Gasteiger partial charge in [-0.2, -0.15) is 0 Å². The molecule has 0 bridgehead atoms. The molecule has 1 aliphatic carbocycles. The van der Waals surface area contributed by atoms with Gasteiger partial charge in [0, 0.05) is 25.0 Å². The van der Waals surface area contributed by atoms with Gasteiger partial charge in [0.2, 0.25) is 5.91 Å². The summed E-state index contributed by atoms with van der Waals surface area (Å²) in [5.74, 6) is 0.267. The van der Waals surface area contributed by atoms with Gasteiger partial charge in [-0.3, -0.25) is 9.78 Å². The Morgan fingerprint density at radius 3 is 2.87 bits per heavy atom. The fraction of sp³-hybridized carbons (Fsp3) is 0.500. The van der Waals surface area contributed by atoms with Crippen LogP contribution in [0.3, 0.4) is 0 Å². The zero-order valence-electron chi connectivity index (χ0n) is 8.86. The van der Waals surface area contributed by atoms with E-state index in [9.17, 15) is 4.79 Å². The third kappa shape index (κ3) is 0.954. The fourth-order valence-electron chi connectivity index (χ4n) is 3.06. The Morgan fingerprint density at radius 2 is 2.13 bits per heavy atom. The van der Waals surface area contributed by atoms with Crippen molar-refractivity contribution in [3.63, 3.8) is 0 Å². The molecule has 2 aliphatic rings. The van der Waals surface area contributed by atoms with Crippen LogP contribution < -0.4 is 4.90 Å². The molecular formula is C12H14N2O. The molecule has 0 radical (unpaired) electrons. The summed E-state index contributed by atoms with van der Waals surface area (Å²) in [5.41, 5.74) is 1.98. The van der Waals surface area contributed by atoms with Gasteiger partial charge in [-0.15, -0.1) is 0 Å². The Hall–Kier alpha value is -1.38. The highest BCUT2D eigenvalue weighted by molar-refractivity contribution is 6.07. The van der Waals surface area contributed by atoms with Gasteiger partial charge in [-0.05, 0) is 18.9 Å². The highest BCUT2D eigenvalue weighted by Gasteiger charge is 2.51. The average molecular weight is 202 g/mol. The van der Waals surface area contributed by atoms with E-state index < -0.39 is 0 Å². The molecule has 3 heteroatoms. The highest BCUT2D eigenvalue weighted by atomic mass is 16.2. The maximum atomic E-state index is 12.3. The molecule has 78 valence electrons. The number of fused-ring (bicyclic) bond motifs is 2. The topological polar surface area (TPSA) is 33.2 Å². The van der Waals surface area contributed by atoms with Crippen LogP contribution in [0.5, 0.6) is 0 Å². The molecule has 1 spiro atoms. The predicted octanol–water partition coefficient (Wildman–Crippen LogP) is 1.87. The summed E-state index contributed by atoms with van der Waals surface area (Å²) in [7, 11) is 1.87. The highest BCUT2D eigenvalue weighted by Crippen LogP contribution is 2.50. The summed E-state index contributed by atoms with van der Waals surface area (Å²) in [4.78, 5) is 18.2. The Balaban J connectivity index is 2.22. The van der Waals surface area contributed by atoms with E-state index in [1.54, 1.807) is 11.1 Å². The lowest BCUT2D eigenvalue weighted by molar-refractivity contribution is -0.122. The molecule has 0 atom stereocenters. The summed E-state index contributed by atoms with van der Waals surface area (Å²) in [5, 5.41) is 0. The second-order valence-corrected chi connectivity index (χ2v) is 4.55. The molecule has 3 rings (SSSR count). The number of hydrogen-bond donors (Lipinski definition) is 0. The van der Waals surface area contributed by atoms with Crippen LogP contribution >= 0.6 is 0 Å². The van der Waals surface area contributed by atoms with Crippen molar-refractivity contribution in [1.82, 2.24) is 4.98 Å². The first-order valence-corrected chi connectivity index (χ1v) is 5.48. The summed E-state index contributed by atoms with van der Waals surface area (Å²) < 4.78 is 0. The first-order chi connectivity index (χ1) is 7.26. The zero-order valence-corrected chi connectivity index (χ0v) is 8.86. The SMILES string of the molecule is CN1C(=O)C2(CCCC2)c2cnccc21. The smallest absolute Gasteiger partial charge is 0.237 e. The van der Waals surface area contributed by atoms with Crippen molar-refractivity contribution in [3.8, 4) is 0 Å². The van der Waals surface area contributed by atoms with Gasteiger partial charge < -0.3 is 4.90 Å². The lowest BCUT2D eigenvalue weighted by Crippen LogP contribution is -2.36. The van der Waals surface area contributed by atoms with Gasteiger partial charge in [-0.25, -0.2) is 0 Å². The monoisotopic (exact) mass is 202 g/mol. The lowest BCUT2D eigenvalue weighted by Gasteiger charge is -2.21. The normalized spacial score (nSPS) is 22.5. The number of hydrogen-bond acceptors (Lipinski definition) is 2. The van der Waals surface area contributed by atoms with Gasteiger partial charge in [0.15, 0.2) is 0 Å². The minimum Gasteiger partial charge on any atom is -0.314 e. The van der Waals surface area contributed by atoms with Crippen molar-refractivity contribution in [1.29, 1.82) is 0 Å². The molecule has 1 saturated carbocycles. The van der Waals surface area contributed by atoms with Crippen molar-refractivity contribution in [2.45, 2.75) is 31.1 Å². The molecule has 15 heavy (non-hydrogen) atoms. The minimum atomic E-state index is -0.224. The largest absolute Gasteiger partial charge is 0.314 e. The van der Waals surface area contributed by atoms with E-state index in [0.717, 1.165) is 36.9 Å². The minimum absolute atomic E-state index is 0.224. The van der Waals surface area contributed by atoms with Crippen molar-refractivity contribution >= 4 is 11.6 Å². The second kappa shape index (κ2) is 2.81. The number of anilines is 1. The van der Waals surface area contributed by atoms with Gasteiger partial charge in [0.1, 0.15) is 0 Å². The van der Waals surface area contributed by atoms with Crippen LogP contribution in [-0.4, -0.2) is 17.9 Å². The first kappa shape index (κ1) is 8.89. The van der Waals surface area contributed by atoms with E-state index in [2.05, 4.69) is 4.98 Å². The van der Waals surface area contributed by atoms with E-state index in [0.29, 0.717) is 0 Å². The third-order valence-electron chi connectivity index (χ3n) is 3.85. The number of nitrogens with zero attached hydrogens (tertiary/aromatic N) is 2. The quantitative estimate of drug-likeness (QED) is 0.643. The van der Waals surface area contributed by atoms with Crippen molar-refractivity contribution in [2.24, 2.45) is 0 Å². The number of amides is 1. The van der Waals surface area contributed by atoms with Crippen molar-refractivity contribution < 1.29 is 4.79 Å². The van der Waals surface area contributed by atoms with Crippen LogP contribution in [0.25, 0.3) is 0 Å². The van der Waals surface area contributed by atoms with Gasteiger partial charge in [0.25, 0.3) is 0 Å². The molecule has 0 unspecified atom stereocenters. The number of carbonyl (C=O) groups is 1. The van der Waals surface area contributed by atoms with Crippen molar-refractivity contribution in [2.75, 3.05) is 11.9 Å². The van der Waals surface area contributed by atoms with E-state index in [-0.39, 0.29) is 11.3 Å². The van der Waals surface area contributed by atoms with E-state index in [1.807, 2.05) is 19.3 Å². The molecule has 0 N–H and O–H groups in total. The third-order valence-corrected chi connectivity index (χ3v) is 3.85. The summed E-state index contributed by atoms with van der Waals surface area (Å²) in [6, 6.07) is 1.94. The average Bonchev–Trinajstić information content (AvgIpc) is 2.83. The van der Waals surface area contributed by atoms with Crippen molar-refractivity contribution in [3.05, 3.63) is 24.0 Å². The second-order valence-electron chi connectivity index (χ2n) is 4.55. The lowest BCUT2D eigenvalue weighted by atomic mass is 9.81.